The Kier molecular flexibility index (Phi) is 2.72. The van der Waals surface area contributed by atoms with Gasteiger partial charge in [0.25, 0.3) is 5.56 Å². The van der Waals surface area contributed by atoms with Crippen LogP contribution in [0.4, 0.5) is 0 Å². The summed E-state index contributed by atoms with van der Waals surface area (Å²) in [6.07, 6.45) is 0. The lowest BCUT2D eigenvalue weighted by Crippen LogP contribution is -2.30. The predicted molar refractivity (Wildman–Crippen MR) is 66.4 cm³/mol. The molecule has 7 nitrogen and oxygen atoms in total. The molecule has 2 rings (SSSR count). The van der Waals surface area contributed by atoms with Gasteiger partial charge in [-0.3, -0.25) is 9.59 Å². The summed E-state index contributed by atoms with van der Waals surface area (Å²) in [7, 11) is 0. The molecule has 0 atom stereocenters. The van der Waals surface area contributed by atoms with Crippen molar-refractivity contribution in [3.8, 4) is 5.75 Å². The quantitative estimate of drug-likeness (QED) is 0.189. The van der Waals surface area contributed by atoms with Crippen LogP contribution in [0.15, 0.2) is 34.2 Å². The summed E-state index contributed by atoms with van der Waals surface area (Å²) in [5.74, 6) is 2.97. The van der Waals surface area contributed by atoms with Crippen LogP contribution >= 0.6 is 0 Å². The Balaban J connectivity index is 2.80. The number of aromatic hydroxyl groups is 1. The van der Waals surface area contributed by atoms with Crippen LogP contribution in [0.3, 0.4) is 0 Å². The lowest BCUT2D eigenvalue weighted by atomic mass is 10.1. The van der Waals surface area contributed by atoms with E-state index < -0.39 is 28.5 Å². The topological polar surface area (TPSA) is 135 Å². The first-order chi connectivity index (χ1) is 8.56. The number of benzene rings is 1. The van der Waals surface area contributed by atoms with Gasteiger partial charge in [0, 0.05) is 5.39 Å². The number of hydrogen-bond acceptors (Lipinski definition) is 5. The molecule has 0 unspecified atom stereocenters. The minimum Gasteiger partial charge on any atom is -0.506 e. The first-order valence-electron chi connectivity index (χ1n) is 4.98. The first kappa shape index (κ1) is 11.6. The number of amidine groups is 1. The number of fused-ring (bicyclic) bond motifs is 1. The summed E-state index contributed by atoms with van der Waals surface area (Å²) in [5.41, 5.74) is 4.44. The van der Waals surface area contributed by atoms with Crippen LogP contribution < -0.4 is 17.1 Å². The molecule has 18 heavy (non-hydrogen) atoms. The molecule has 0 aliphatic rings. The molecular formula is C11H10N4O3. The number of hydrazone groups is 1. The highest BCUT2D eigenvalue weighted by Gasteiger charge is 2.21. The van der Waals surface area contributed by atoms with Crippen molar-refractivity contribution < 1.29 is 9.90 Å². The van der Waals surface area contributed by atoms with Crippen molar-refractivity contribution in [3.05, 3.63) is 40.2 Å². The van der Waals surface area contributed by atoms with E-state index in [0.717, 1.165) is 0 Å². The maximum atomic E-state index is 11.7. The van der Waals surface area contributed by atoms with Crippen molar-refractivity contribution in [2.24, 2.45) is 16.7 Å². The van der Waals surface area contributed by atoms with Crippen LogP contribution in [0.1, 0.15) is 10.4 Å². The Labute approximate surface area is 101 Å². The monoisotopic (exact) mass is 246 g/mol. The van der Waals surface area contributed by atoms with Crippen LogP contribution in [0, 0.1) is 0 Å². The van der Waals surface area contributed by atoms with E-state index in [1.54, 1.807) is 24.3 Å². The van der Waals surface area contributed by atoms with Crippen LogP contribution in [-0.2, 0) is 0 Å². The Morgan fingerprint density at radius 3 is 2.67 bits per heavy atom. The number of nitrogens with one attached hydrogen (secondary N) is 1. The van der Waals surface area contributed by atoms with E-state index in [4.69, 9.17) is 11.6 Å². The van der Waals surface area contributed by atoms with Gasteiger partial charge in [-0.1, -0.05) is 12.1 Å². The smallest absolute Gasteiger partial charge is 0.263 e. The molecule has 7 heteroatoms. The van der Waals surface area contributed by atoms with Gasteiger partial charge in [-0.2, -0.15) is 5.10 Å². The zero-order valence-corrected chi connectivity index (χ0v) is 9.18. The van der Waals surface area contributed by atoms with Crippen molar-refractivity contribution in [1.29, 1.82) is 0 Å². The fraction of sp³-hybridized carbons (Fsp3) is 0. The molecule has 1 heterocycles. The first-order valence-corrected chi connectivity index (χ1v) is 4.98. The van der Waals surface area contributed by atoms with Crippen molar-refractivity contribution in [3.63, 3.8) is 0 Å². The van der Waals surface area contributed by atoms with Crippen LogP contribution in [0.25, 0.3) is 10.9 Å². The zero-order chi connectivity index (χ0) is 13.3. The third-order valence-corrected chi connectivity index (χ3v) is 2.49. The highest BCUT2D eigenvalue weighted by Crippen LogP contribution is 2.24. The molecule has 6 N–H and O–H groups in total. The second kappa shape index (κ2) is 4.21. The number of carbonyl (C=O) groups is 1. The second-order valence-corrected chi connectivity index (χ2v) is 3.57. The minimum absolute atomic E-state index is 0.338. The summed E-state index contributed by atoms with van der Waals surface area (Å²) < 4.78 is 0. The van der Waals surface area contributed by atoms with E-state index in [0.29, 0.717) is 10.9 Å². The van der Waals surface area contributed by atoms with Crippen molar-refractivity contribution >= 4 is 22.5 Å². The number of aromatic amines is 1. The number of nitrogens with zero attached hydrogens (tertiary/aromatic N) is 1. The maximum absolute atomic E-state index is 11.7. The predicted octanol–water partition coefficient (Wildman–Crippen LogP) is -0.353. The Morgan fingerprint density at radius 2 is 2.00 bits per heavy atom. The van der Waals surface area contributed by atoms with Gasteiger partial charge in [-0.05, 0) is 12.1 Å². The molecule has 0 spiro atoms. The van der Waals surface area contributed by atoms with Gasteiger partial charge in [0.2, 0.25) is 5.78 Å². The second-order valence-electron chi connectivity index (χ2n) is 3.57. The van der Waals surface area contributed by atoms with Gasteiger partial charge in [0.05, 0.1) is 5.52 Å². The Morgan fingerprint density at radius 1 is 1.33 bits per heavy atom. The summed E-state index contributed by atoms with van der Waals surface area (Å²) in [5, 5.41) is 13.3. The third kappa shape index (κ3) is 1.67. The number of pyridine rings is 1. The number of aromatic nitrogens is 1. The SMILES string of the molecule is N/N=C(\N)C(=O)c1c(O)c2ccccc2[nH]c1=O. The summed E-state index contributed by atoms with van der Waals surface area (Å²) in [6, 6.07) is 6.52. The number of nitrogens with two attached hydrogens (primary N) is 2. The van der Waals surface area contributed by atoms with E-state index in [1.165, 1.54) is 0 Å². The molecule has 0 fully saturated rings. The van der Waals surface area contributed by atoms with Gasteiger partial charge in [-0.15, -0.1) is 0 Å². The number of hydrogen-bond donors (Lipinski definition) is 4. The molecule has 0 radical (unpaired) electrons. The Bertz CT molecular complexity index is 718. The van der Waals surface area contributed by atoms with Gasteiger partial charge in [0.1, 0.15) is 11.3 Å². The summed E-state index contributed by atoms with van der Waals surface area (Å²) in [4.78, 5) is 25.9. The summed E-state index contributed by atoms with van der Waals surface area (Å²) in [6.45, 7) is 0. The molecule has 1 aromatic heterocycles. The highest BCUT2D eigenvalue weighted by atomic mass is 16.3. The van der Waals surface area contributed by atoms with E-state index in [2.05, 4.69) is 10.1 Å². The molecule has 0 aliphatic carbocycles. The lowest BCUT2D eigenvalue weighted by molar-refractivity contribution is 0.106. The number of para-hydroxylation sites is 1. The van der Waals surface area contributed by atoms with Crippen LogP contribution in [0.2, 0.25) is 0 Å². The summed E-state index contributed by atoms with van der Waals surface area (Å²) >= 11 is 0. The number of ketones is 1. The lowest BCUT2D eigenvalue weighted by Gasteiger charge is -2.05. The standard InChI is InChI=1S/C11H10N4O3/c12-10(15-13)9(17)7-8(16)5-3-1-2-4-6(5)14-11(7)18/h1-4H,13H2,(H2,12,15)(H2,14,16,18). The normalized spacial score (nSPS) is 11.7. The molecule has 0 bridgehead atoms. The van der Waals surface area contributed by atoms with Gasteiger partial charge in [0.15, 0.2) is 5.84 Å². The zero-order valence-electron chi connectivity index (χ0n) is 9.18. The third-order valence-electron chi connectivity index (χ3n) is 2.49. The molecule has 0 aliphatic heterocycles. The number of carbonyl (C=O) groups excluding carboxylic acids is 1. The maximum Gasteiger partial charge on any atom is 0.263 e. The van der Waals surface area contributed by atoms with E-state index in [1.807, 2.05) is 0 Å². The van der Waals surface area contributed by atoms with Crippen molar-refractivity contribution in [1.82, 2.24) is 4.98 Å². The number of rotatable bonds is 2. The number of H-pyrrole nitrogens is 1. The largest absolute Gasteiger partial charge is 0.506 e. The van der Waals surface area contributed by atoms with E-state index in [-0.39, 0.29) is 0 Å². The van der Waals surface area contributed by atoms with Crippen LogP contribution in [0.5, 0.6) is 5.75 Å². The average molecular weight is 246 g/mol. The highest BCUT2D eigenvalue weighted by molar-refractivity contribution is 6.45. The van der Waals surface area contributed by atoms with E-state index in [9.17, 15) is 14.7 Å². The number of Topliss-reactive ketones (excluding diaryl/α,β-unsaturated/α-hetero) is 1. The minimum atomic E-state index is -0.915. The van der Waals surface area contributed by atoms with Gasteiger partial charge in [-0.25, -0.2) is 0 Å². The molecule has 0 amide bonds. The van der Waals surface area contributed by atoms with E-state index >= 15 is 0 Å². The van der Waals surface area contributed by atoms with Gasteiger partial charge < -0.3 is 21.7 Å². The Hall–Kier alpha value is -2.83. The van der Waals surface area contributed by atoms with Crippen molar-refractivity contribution in [2.45, 2.75) is 0 Å². The molecule has 0 saturated heterocycles. The molecule has 92 valence electrons. The molecular weight excluding hydrogens is 236 g/mol. The molecule has 0 saturated carbocycles. The fourth-order valence-corrected chi connectivity index (χ4v) is 1.62. The average Bonchev–Trinajstić information content (AvgIpc) is 2.37. The molecule has 1 aromatic carbocycles. The van der Waals surface area contributed by atoms with Gasteiger partial charge >= 0.3 is 0 Å². The van der Waals surface area contributed by atoms with Crippen molar-refractivity contribution in [2.75, 3.05) is 0 Å². The fourth-order valence-electron chi connectivity index (χ4n) is 1.62. The van der Waals surface area contributed by atoms with Crippen LogP contribution in [-0.4, -0.2) is 21.7 Å². The molecule has 2 aromatic rings.